The number of hydrogen-bond donors (Lipinski definition) is 1. The van der Waals surface area contributed by atoms with Gasteiger partial charge in [-0.05, 0) is 29.7 Å². The quantitative estimate of drug-likeness (QED) is 0.707. The Morgan fingerprint density at radius 3 is 2.78 bits per heavy atom. The number of anilines is 2. The second kappa shape index (κ2) is 7.19. The predicted molar refractivity (Wildman–Crippen MR) is 111 cm³/mol. The smallest absolute Gasteiger partial charge is 0.231 e. The zero-order valence-corrected chi connectivity index (χ0v) is 16.5. The van der Waals surface area contributed by atoms with E-state index in [9.17, 15) is 4.79 Å². The Labute approximate surface area is 163 Å². The molecule has 0 saturated carbocycles. The van der Waals surface area contributed by atoms with Gasteiger partial charge in [0.25, 0.3) is 0 Å². The van der Waals surface area contributed by atoms with E-state index in [0.717, 1.165) is 26.8 Å². The van der Waals surface area contributed by atoms with Crippen molar-refractivity contribution in [3.63, 3.8) is 0 Å². The van der Waals surface area contributed by atoms with Crippen LogP contribution in [-0.2, 0) is 4.79 Å². The van der Waals surface area contributed by atoms with Crippen molar-refractivity contribution in [1.29, 1.82) is 0 Å². The standard InChI is InChI=1S/C21H23N3O2S/c1-13(2)16-6-4-5-7-17(16)22-20(25)14-11-24(12-14)21-23-18-10-15(26-3)8-9-19(18)27-21/h4-10,13-14H,11-12H2,1-3H3,(H,22,25). The van der Waals surface area contributed by atoms with E-state index < -0.39 is 0 Å². The van der Waals surface area contributed by atoms with Crippen molar-refractivity contribution in [3.05, 3.63) is 48.0 Å². The molecule has 2 heterocycles. The molecule has 0 radical (unpaired) electrons. The molecule has 0 unspecified atom stereocenters. The van der Waals surface area contributed by atoms with Crippen molar-refractivity contribution >= 4 is 38.3 Å². The Bertz CT molecular complexity index is 976. The van der Waals surface area contributed by atoms with E-state index in [1.165, 1.54) is 5.56 Å². The Hall–Kier alpha value is -2.60. The molecule has 27 heavy (non-hydrogen) atoms. The SMILES string of the molecule is COc1ccc2sc(N3CC(C(=O)Nc4ccccc4C(C)C)C3)nc2c1. The van der Waals surface area contributed by atoms with Crippen LogP contribution in [0.1, 0.15) is 25.3 Å². The molecule has 5 nitrogen and oxygen atoms in total. The average Bonchev–Trinajstić information content (AvgIpc) is 3.03. The van der Waals surface area contributed by atoms with Crippen LogP contribution in [0.4, 0.5) is 10.8 Å². The van der Waals surface area contributed by atoms with Crippen molar-refractivity contribution in [1.82, 2.24) is 4.98 Å². The number of ether oxygens (including phenoxy) is 1. The van der Waals surface area contributed by atoms with Crippen LogP contribution in [0.3, 0.4) is 0 Å². The van der Waals surface area contributed by atoms with Crippen molar-refractivity contribution in [2.75, 3.05) is 30.4 Å². The lowest BCUT2D eigenvalue weighted by Crippen LogP contribution is -2.52. The van der Waals surface area contributed by atoms with Crippen LogP contribution >= 0.6 is 11.3 Å². The van der Waals surface area contributed by atoms with Gasteiger partial charge in [0.2, 0.25) is 5.91 Å². The molecule has 1 fully saturated rings. The van der Waals surface area contributed by atoms with Gasteiger partial charge >= 0.3 is 0 Å². The average molecular weight is 382 g/mol. The van der Waals surface area contributed by atoms with Crippen molar-refractivity contribution in [2.24, 2.45) is 5.92 Å². The minimum atomic E-state index is -0.00762. The number of para-hydroxylation sites is 1. The molecule has 0 atom stereocenters. The van der Waals surface area contributed by atoms with E-state index in [-0.39, 0.29) is 11.8 Å². The number of methoxy groups -OCH3 is 1. The van der Waals surface area contributed by atoms with Gasteiger partial charge in [-0.25, -0.2) is 4.98 Å². The second-order valence-electron chi connectivity index (χ2n) is 7.16. The normalized spacial score (nSPS) is 14.4. The molecular weight excluding hydrogens is 358 g/mol. The van der Waals surface area contributed by atoms with Gasteiger partial charge in [-0.1, -0.05) is 43.4 Å². The highest BCUT2D eigenvalue weighted by Crippen LogP contribution is 2.35. The maximum absolute atomic E-state index is 12.6. The zero-order chi connectivity index (χ0) is 19.0. The van der Waals surface area contributed by atoms with E-state index in [1.807, 2.05) is 36.4 Å². The van der Waals surface area contributed by atoms with Crippen LogP contribution in [0.15, 0.2) is 42.5 Å². The Morgan fingerprint density at radius 2 is 2.04 bits per heavy atom. The fourth-order valence-electron chi connectivity index (χ4n) is 3.31. The number of fused-ring (bicyclic) bond motifs is 1. The number of hydrogen-bond acceptors (Lipinski definition) is 5. The number of benzene rings is 2. The summed E-state index contributed by atoms with van der Waals surface area (Å²) in [6, 6.07) is 13.9. The maximum atomic E-state index is 12.6. The number of rotatable bonds is 5. The molecule has 1 aromatic heterocycles. The van der Waals surface area contributed by atoms with Crippen LogP contribution in [0.5, 0.6) is 5.75 Å². The van der Waals surface area contributed by atoms with Gasteiger partial charge in [0.05, 0.1) is 23.2 Å². The third kappa shape index (κ3) is 3.49. The van der Waals surface area contributed by atoms with Gasteiger partial charge in [-0.15, -0.1) is 0 Å². The topological polar surface area (TPSA) is 54.5 Å². The summed E-state index contributed by atoms with van der Waals surface area (Å²) in [5.74, 6) is 1.26. The Morgan fingerprint density at radius 1 is 1.26 bits per heavy atom. The molecule has 1 N–H and O–H groups in total. The fraction of sp³-hybridized carbons (Fsp3) is 0.333. The molecule has 3 aromatic rings. The van der Waals surface area contributed by atoms with Gasteiger partial charge in [-0.2, -0.15) is 0 Å². The number of nitrogens with one attached hydrogen (secondary N) is 1. The van der Waals surface area contributed by atoms with Crippen molar-refractivity contribution < 1.29 is 9.53 Å². The highest BCUT2D eigenvalue weighted by Gasteiger charge is 2.34. The molecule has 0 bridgehead atoms. The number of carbonyl (C=O) groups excluding carboxylic acids is 1. The lowest BCUT2D eigenvalue weighted by atomic mass is 9.98. The first-order chi connectivity index (χ1) is 13.0. The maximum Gasteiger partial charge on any atom is 0.231 e. The molecule has 1 amide bonds. The van der Waals surface area contributed by atoms with Gasteiger partial charge in [0, 0.05) is 24.8 Å². The summed E-state index contributed by atoms with van der Waals surface area (Å²) >= 11 is 1.65. The molecule has 6 heteroatoms. The van der Waals surface area contributed by atoms with Crippen molar-refractivity contribution in [3.8, 4) is 5.75 Å². The van der Waals surface area contributed by atoms with Crippen LogP contribution in [0, 0.1) is 5.92 Å². The largest absolute Gasteiger partial charge is 0.497 e. The first-order valence-electron chi connectivity index (χ1n) is 9.14. The molecule has 1 aliphatic heterocycles. The van der Waals surface area contributed by atoms with Gasteiger partial charge in [0.1, 0.15) is 5.75 Å². The summed E-state index contributed by atoms with van der Waals surface area (Å²) < 4.78 is 6.39. The van der Waals surface area contributed by atoms with E-state index in [1.54, 1.807) is 18.4 Å². The number of nitrogens with zero attached hydrogens (tertiary/aromatic N) is 2. The van der Waals surface area contributed by atoms with Crippen LogP contribution < -0.4 is 15.0 Å². The first-order valence-corrected chi connectivity index (χ1v) is 9.96. The highest BCUT2D eigenvalue weighted by atomic mass is 32.1. The van der Waals surface area contributed by atoms with E-state index in [2.05, 4.69) is 30.1 Å². The number of aromatic nitrogens is 1. The molecule has 140 valence electrons. The zero-order valence-electron chi connectivity index (χ0n) is 15.7. The minimum Gasteiger partial charge on any atom is -0.497 e. The van der Waals surface area contributed by atoms with E-state index >= 15 is 0 Å². The summed E-state index contributed by atoms with van der Waals surface area (Å²) in [5.41, 5.74) is 3.03. The monoisotopic (exact) mass is 381 g/mol. The molecule has 0 aliphatic carbocycles. The van der Waals surface area contributed by atoms with Crippen molar-refractivity contribution in [2.45, 2.75) is 19.8 Å². The Kier molecular flexibility index (Phi) is 4.74. The fourth-order valence-corrected chi connectivity index (χ4v) is 4.27. The molecule has 2 aromatic carbocycles. The lowest BCUT2D eigenvalue weighted by molar-refractivity contribution is -0.120. The number of carbonyl (C=O) groups is 1. The molecular formula is C21H23N3O2S. The summed E-state index contributed by atoms with van der Waals surface area (Å²) in [6.07, 6.45) is 0. The van der Waals surface area contributed by atoms with Crippen LogP contribution in [-0.4, -0.2) is 31.1 Å². The summed E-state index contributed by atoms with van der Waals surface area (Å²) in [5, 5.41) is 4.07. The van der Waals surface area contributed by atoms with Gasteiger partial charge < -0.3 is 15.0 Å². The van der Waals surface area contributed by atoms with E-state index in [4.69, 9.17) is 9.72 Å². The third-order valence-electron chi connectivity index (χ3n) is 4.95. The lowest BCUT2D eigenvalue weighted by Gasteiger charge is -2.38. The van der Waals surface area contributed by atoms with Gasteiger partial charge in [-0.3, -0.25) is 4.79 Å². The van der Waals surface area contributed by atoms with Crippen LogP contribution in [0.25, 0.3) is 10.2 Å². The van der Waals surface area contributed by atoms with Crippen LogP contribution in [0.2, 0.25) is 0 Å². The molecule has 4 rings (SSSR count). The van der Waals surface area contributed by atoms with E-state index in [0.29, 0.717) is 19.0 Å². The highest BCUT2D eigenvalue weighted by molar-refractivity contribution is 7.22. The number of thiazole rings is 1. The molecule has 1 aliphatic rings. The molecule has 1 saturated heterocycles. The first kappa shape index (κ1) is 17.8. The second-order valence-corrected chi connectivity index (χ2v) is 8.17. The summed E-state index contributed by atoms with van der Waals surface area (Å²) in [4.78, 5) is 19.5. The van der Waals surface area contributed by atoms with Gasteiger partial charge in [0.15, 0.2) is 5.13 Å². The summed E-state index contributed by atoms with van der Waals surface area (Å²) in [6.45, 7) is 5.68. The minimum absolute atomic E-state index is 0.00762. The third-order valence-corrected chi connectivity index (χ3v) is 6.04. The number of amides is 1. The summed E-state index contributed by atoms with van der Waals surface area (Å²) in [7, 11) is 1.66. The predicted octanol–water partition coefficient (Wildman–Crippen LogP) is 4.50. The molecule has 0 spiro atoms. The Balaban J connectivity index is 1.41.